The third-order valence-electron chi connectivity index (χ3n) is 4.63. The number of piperazine rings is 1. The average Bonchev–Trinajstić information content (AvgIpc) is 2.61. The number of hydrogen-bond acceptors (Lipinski definition) is 3. The summed E-state index contributed by atoms with van der Waals surface area (Å²) in [6, 6.07) is 10.6. The Bertz CT molecular complexity index is 451. The number of halogens is 2. The van der Waals surface area contributed by atoms with Gasteiger partial charge in [-0.05, 0) is 31.4 Å². The van der Waals surface area contributed by atoms with Crippen LogP contribution in [0, 0.1) is 0 Å². The number of carbonyl (C=O) groups is 1. The van der Waals surface area contributed by atoms with Gasteiger partial charge < -0.3 is 10.6 Å². The van der Waals surface area contributed by atoms with Gasteiger partial charge in [-0.2, -0.15) is 0 Å². The minimum absolute atomic E-state index is 0. The van der Waals surface area contributed by atoms with E-state index in [9.17, 15) is 4.79 Å². The maximum atomic E-state index is 12.2. The SMILES string of the molecule is Cl.Cl.NCCCCCCC(=O)N1CCN(CCc2ccccc2)CC1. The number of amides is 1. The Morgan fingerprint density at radius 3 is 2.20 bits per heavy atom. The van der Waals surface area contributed by atoms with Crippen LogP contribution in [0.2, 0.25) is 0 Å². The van der Waals surface area contributed by atoms with E-state index >= 15 is 0 Å². The van der Waals surface area contributed by atoms with Crippen LogP contribution in [0.4, 0.5) is 0 Å². The molecule has 25 heavy (non-hydrogen) atoms. The van der Waals surface area contributed by atoms with Crippen molar-refractivity contribution in [2.75, 3.05) is 39.3 Å². The molecule has 1 heterocycles. The zero-order valence-electron chi connectivity index (χ0n) is 15.1. The number of carbonyl (C=O) groups excluding carboxylic acids is 1. The first-order chi connectivity index (χ1) is 11.3. The van der Waals surface area contributed by atoms with Crippen LogP contribution >= 0.6 is 24.8 Å². The molecule has 0 bridgehead atoms. The predicted octanol–water partition coefficient (Wildman–Crippen LogP) is 3.13. The molecule has 0 atom stereocenters. The average molecular weight is 390 g/mol. The van der Waals surface area contributed by atoms with Gasteiger partial charge in [0, 0.05) is 39.1 Å². The van der Waals surface area contributed by atoms with Crippen LogP contribution in [0.5, 0.6) is 0 Å². The fourth-order valence-electron chi connectivity index (χ4n) is 3.08. The summed E-state index contributed by atoms with van der Waals surface area (Å²) in [7, 11) is 0. The molecule has 1 aliphatic rings. The molecule has 2 N–H and O–H groups in total. The molecule has 4 nitrogen and oxygen atoms in total. The molecule has 1 amide bonds. The van der Waals surface area contributed by atoms with Crippen LogP contribution in [0.3, 0.4) is 0 Å². The van der Waals surface area contributed by atoms with E-state index in [2.05, 4.69) is 35.2 Å². The summed E-state index contributed by atoms with van der Waals surface area (Å²) in [6.07, 6.45) is 6.16. The number of benzene rings is 1. The second kappa shape index (κ2) is 14.4. The Kier molecular flexibility index (Phi) is 13.9. The lowest BCUT2D eigenvalue weighted by molar-refractivity contribution is -0.133. The first-order valence-corrected chi connectivity index (χ1v) is 9.03. The van der Waals surface area contributed by atoms with E-state index < -0.39 is 0 Å². The molecule has 1 aliphatic heterocycles. The van der Waals surface area contributed by atoms with E-state index in [1.54, 1.807) is 0 Å². The summed E-state index contributed by atoms with van der Waals surface area (Å²) >= 11 is 0. The summed E-state index contributed by atoms with van der Waals surface area (Å²) in [5, 5.41) is 0. The van der Waals surface area contributed by atoms with Gasteiger partial charge in [-0.15, -0.1) is 24.8 Å². The second-order valence-corrected chi connectivity index (χ2v) is 6.41. The maximum Gasteiger partial charge on any atom is 0.222 e. The third kappa shape index (κ3) is 9.45. The van der Waals surface area contributed by atoms with Crippen LogP contribution in [-0.2, 0) is 11.2 Å². The lowest BCUT2D eigenvalue weighted by Gasteiger charge is -2.34. The van der Waals surface area contributed by atoms with E-state index in [1.165, 1.54) is 5.56 Å². The first-order valence-electron chi connectivity index (χ1n) is 9.03. The molecule has 0 spiro atoms. The molecule has 6 heteroatoms. The Balaban J connectivity index is 0.00000288. The quantitative estimate of drug-likeness (QED) is 0.659. The van der Waals surface area contributed by atoms with Crippen molar-refractivity contribution in [1.29, 1.82) is 0 Å². The smallest absolute Gasteiger partial charge is 0.222 e. The largest absolute Gasteiger partial charge is 0.340 e. The molecule has 0 unspecified atom stereocenters. The van der Waals surface area contributed by atoms with E-state index in [0.717, 1.165) is 71.4 Å². The predicted molar refractivity (Wildman–Crippen MR) is 110 cm³/mol. The minimum Gasteiger partial charge on any atom is -0.340 e. The highest BCUT2D eigenvalue weighted by Gasteiger charge is 2.20. The van der Waals surface area contributed by atoms with E-state index in [4.69, 9.17) is 5.73 Å². The van der Waals surface area contributed by atoms with Gasteiger partial charge in [0.2, 0.25) is 5.91 Å². The van der Waals surface area contributed by atoms with Crippen LogP contribution in [-0.4, -0.2) is 55.0 Å². The topological polar surface area (TPSA) is 49.6 Å². The van der Waals surface area contributed by atoms with Crippen molar-refractivity contribution < 1.29 is 4.79 Å². The van der Waals surface area contributed by atoms with Gasteiger partial charge in [-0.1, -0.05) is 43.2 Å². The maximum absolute atomic E-state index is 12.2. The Hall–Kier alpha value is -0.810. The fraction of sp³-hybridized carbons (Fsp3) is 0.632. The van der Waals surface area contributed by atoms with Crippen molar-refractivity contribution in [3.05, 3.63) is 35.9 Å². The molecule has 2 rings (SSSR count). The van der Waals surface area contributed by atoms with E-state index in [0.29, 0.717) is 12.3 Å². The molecule has 1 aromatic carbocycles. The second-order valence-electron chi connectivity index (χ2n) is 6.41. The van der Waals surface area contributed by atoms with Crippen LogP contribution in [0.25, 0.3) is 0 Å². The zero-order chi connectivity index (χ0) is 16.3. The van der Waals surface area contributed by atoms with Crippen molar-refractivity contribution in [3.8, 4) is 0 Å². The van der Waals surface area contributed by atoms with Crippen molar-refractivity contribution in [3.63, 3.8) is 0 Å². The highest BCUT2D eigenvalue weighted by Crippen LogP contribution is 2.09. The molecule has 0 aliphatic carbocycles. The zero-order valence-corrected chi connectivity index (χ0v) is 16.7. The van der Waals surface area contributed by atoms with Crippen LogP contribution in [0.1, 0.15) is 37.7 Å². The minimum atomic E-state index is 0. The lowest BCUT2D eigenvalue weighted by Crippen LogP contribution is -2.49. The highest BCUT2D eigenvalue weighted by molar-refractivity contribution is 5.85. The molecular formula is C19H33Cl2N3O. The van der Waals surface area contributed by atoms with Gasteiger partial charge in [0.05, 0.1) is 0 Å². The first kappa shape index (κ1) is 24.2. The van der Waals surface area contributed by atoms with Gasteiger partial charge in [0.15, 0.2) is 0 Å². The van der Waals surface area contributed by atoms with E-state index in [-0.39, 0.29) is 24.8 Å². The number of nitrogens with zero attached hydrogens (tertiary/aromatic N) is 2. The number of nitrogens with two attached hydrogens (primary N) is 1. The van der Waals surface area contributed by atoms with Gasteiger partial charge in [-0.3, -0.25) is 9.69 Å². The van der Waals surface area contributed by atoms with Crippen molar-refractivity contribution in [2.24, 2.45) is 5.73 Å². The molecule has 1 saturated heterocycles. The van der Waals surface area contributed by atoms with Gasteiger partial charge in [-0.25, -0.2) is 0 Å². The molecule has 1 aromatic rings. The van der Waals surface area contributed by atoms with Gasteiger partial charge in [0.25, 0.3) is 0 Å². The summed E-state index contributed by atoms with van der Waals surface area (Å²) in [4.78, 5) is 16.7. The molecule has 1 fully saturated rings. The lowest BCUT2D eigenvalue weighted by atomic mass is 10.1. The fourth-order valence-corrected chi connectivity index (χ4v) is 3.08. The van der Waals surface area contributed by atoms with E-state index in [1.807, 2.05) is 4.90 Å². The Labute approximate surface area is 164 Å². The van der Waals surface area contributed by atoms with Crippen LogP contribution in [0.15, 0.2) is 30.3 Å². The Morgan fingerprint density at radius 2 is 1.56 bits per heavy atom. The normalized spacial score (nSPS) is 14.5. The number of unbranched alkanes of at least 4 members (excludes halogenated alkanes) is 3. The molecule has 144 valence electrons. The summed E-state index contributed by atoms with van der Waals surface area (Å²) < 4.78 is 0. The molecule has 0 aromatic heterocycles. The highest BCUT2D eigenvalue weighted by atomic mass is 35.5. The third-order valence-corrected chi connectivity index (χ3v) is 4.63. The number of hydrogen-bond donors (Lipinski definition) is 1. The molecular weight excluding hydrogens is 357 g/mol. The van der Waals surface area contributed by atoms with Gasteiger partial charge in [0.1, 0.15) is 0 Å². The van der Waals surface area contributed by atoms with Crippen molar-refractivity contribution in [2.45, 2.75) is 38.5 Å². The Morgan fingerprint density at radius 1 is 0.920 bits per heavy atom. The number of rotatable bonds is 9. The monoisotopic (exact) mass is 389 g/mol. The van der Waals surface area contributed by atoms with Crippen LogP contribution < -0.4 is 5.73 Å². The van der Waals surface area contributed by atoms with Crippen molar-refractivity contribution >= 4 is 30.7 Å². The molecule has 0 radical (unpaired) electrons. The van der Waals surface area contributed by atoms with Gasteiger partial charge >= 0.3 is 0 Å². The standard InChI is InChI=1S/C19H31N3O.2ClH/c20-12-7-2-1-6-10-19(23)22-16-14-21(15-17-22)13-11-18-8-4-3-5-9-18;;/h3-5,8-9H,1-2,6-7,10-17,20H2;2*1H. The summed E-state index contributed by atoms with van der Waals surface area (Å²) in [5.74, 6) is 0.334. The summed E-state index contributed by atoms with van der Waals surface area (Å²) in [5.41, 5.74) is 6.87. The van der Waals surface area contributed by atoms with Crippen molar-refractivity contribution in [1.82, 2.24) is 9.80 Å². The summed E-state index contributed by atoms with van der Waals surface area (Å²) in [6.45, 7) is 5.63. The molecule has 0 saturated carbocycles.